The molecular weight excluding hydrogens is 408 g/mol. The van der Waals surface area contributed by atoms with Crippen LogP contribution in [0.15, 0.2) is 83.3 Å². The molecule has 5 nitrogen and oxygen atoms in total. The zero-order valence-electron chi connectivity index (χ0n) is 14.3. The van der Waals surface area contributed by atoms with Crippen LogP contribution in [-0.2, 0) is 4.79 Å². The maximum atomic E-state index is 12.5. The largest absolute Gasteiger partial charge is 0.483 e. The summed E-state index contributed by atoms with van der Waals surface area (Å²) >= 11 is 3.37. The molecule has 0 aromatic heterocycles. The summed E-state index contributed by atoms with van der Waals surface area (Å²) < 4.78 is 6.36. The molecule has 0 saturated carbocycles. The van der Waals surface area contributed by atoms with Gasteiger partial charge in [-0.3, -0.25) is 9.59 Å². The van der Waals surface area contributed by atoms with Gasteiger partial charge in [-0.2, -0.15) is 0 Å². The van der Waals surface area contributed by atoms with E-state index < -0.39 is 0 Å². The molecule has 27 heavy (non-hydrogen) atoms. The van der Waals surface area contributed by atoms with Gasteiger partial charge in [-0.15, -0.1) is 0 Å². The summed E-state index contributed by atoms with van der Waals surface area (Å²) in [5, 5.41) is 5.57. The van der Waals surface area contributed by atoms with Crippen LogP contribution in [0, 0.1) is 0 Å². The van der Waals surface area contributed by atoms with Gasteiger partial charge in [0.25, 0.3) is 11.8 Å². The van der Waals surface area contributed by atoms with Gasteiger partial charge in [0.1, 0.15) is 5.75 Å². The van der Waals surface area contributed by atoms with E-state index in [0.717, 1.165) is 4.47 Å². The summed E-state index contributed by atoms with van der Waals surface area (Å²) in [6.07, 6.45) is 0. The Morgan fingerprint density at radius 1 is 0.815 bits per heavy atom. The van der Waals surface area contributed by atoms with Crippen LogP contribution in [0.2, 0.25) is 0 Å². The zero-order chi connectivity index (χ0) is 19.1. The predicted molar refractivity (Wildman–Crippen MR) is 109 cm³/mol. The minimum Gasteiger partial charge on any atom is -0.483 e. The molecule has 0 aliphatic carbocycles. The van der Waals surface area contributed by atoms with Crippen LogP contribution in [0.3, 0.4) is 0 Å². The summed E-state index contributed by atoms with van der Waals surface area (Å²) in [7, 11) is 0. The Hall–Kier alpha value is -3.12. The topological polar surface area (TPSA) is 67.4 Å². The lowest BCUT2D eigenvalue weighted by Crippen LogP contribution is -2.21. The quantitative estimate of drug-likeness (QED) is 0.601. The maximum Gasteiger partial charge on any atom is 0.262 e. The van der Waals surface area contributed by atoms with E-state index in [9.17, 15) is 9.59 Å². The van der Waals surface area contributed by atoms with Crippen molar-refractivity contribution < 1.29 is 14.3 Å². The molecule has 0 bridgehead atoms. The Morgan fingerprint density at radius 3 is 2.26 bits per heavy atom. The van der Waals surface area contributed by atoms with Gasteiger partial charge >= 0.3 is 0 Å². The monoisotopic (exact) mass is 424 g/mol. The first-order valence-corrected chi connectivity index (χ1v) is 9.05. The minimum atomic E-state index is -0.319. The van der Waals surface area contributed by atoms with Crippen molar-refractivity contribution in [2.75, 3.05) is 17.2 Å². The van der Waals surface area contributed by atoms with Crippen molar-refractivity contribution in [3.05, 3.63) is 88.9 Å². The van der Waals surface area contributed by atoms with E-state index >= 15 is 0 Å². The fourth-order valence-electron chi connectivity index (χ4n) is 2.39. The molecule has 0 heterocycles. The maximum absolute atomic E-state index is 12.5. The molecule has 136 valence electrons. The Bertz CT molecular complexity index is 945. The number of amides is 2. The van der Waals surface area contributed by atoms with Gasteiger partial charge in [0.2, 0.25) is 0 Å². The van der Waals surface area contributed by atoms with Gasteiger partial charge in [-0.05, 0) is 52.3 Å². The van der Waals surface area contributed by atoms with Gasteiger partial charge in [-0.1, -0.05) is 42.5 Å². The fraction of sp³-hybridized carbons (Fsp3) is 0.0476. The van der Waals surface area contributed by atoms with Crippen LogP contribution in [0.25, 0.3) is 0 Å². The Morgan fingerprint density at radius 2 is 1.48 bits per heavy atom. The molecule has 6 heteroatoms. The summed E-state index contributed by atoms with van der Waals surface area (Å²) in [4.78, 5) is 24.7. The molecule has 3 rings (SSSR count). The lowest BCUT2D eigenvalue weighted by Gasteiger charge is -2.12. The van der Waals surface area contributed by atoms with Crippen LogP contribution in [0.1, 0.15) is 10.4 Å². The van der Waals surface area contributed by atoms with E-state index in [4.69, 9.17) is 4.74 Å². The first kappa shape index (κ1) is 18.7. The highest BCUT2D eigenvalue weighted by Gasteiger charge is 2.14. The molecule has 0 aliphatic heterocycles. The normalized spacial score (nSPS) is 10.1. The Kier molecular flexibility index (Phi) is 6.22. The molecule has 3 aromatic rings. The van der Waals surface area contributed by atoms with Gasteiger partial charge in [0.15, 0.2) is 6.61 Å². The summed E-state index contributed by atoms with van der Waals surface area (Å²) in [6.45, 7) is -0.211. The number of benzene rings is 3. The number of rotatable bonds is 6. The lowest BCUT2D eigenvalue weighted by molar-refractivity contribution is -0.118. The van der Waals surface area contributed by atoms with Gasteiger partial charge in [0.05, 0.1) is 11.3 Å². The van der Waals surface area contributed by atoms with Crippen molar-refractivity contribution >= 4 is 39.1 Å². The SMILES string of the molecule is O=C(COc1ccccc1C(=O)Nc1ccccc1)Nc1ccccc1Br. The molecule has 0 atom stereocenters. The van der Waals surface area contributed by atoms with Crippen LogP contribution in [0.4, 0.5) is 11.4 Å². The van der Waals surface area contributed by atoms with E-state index in [-0.39, 0.29) is 18.4 Å². The van der Waals surface area contributed by atoms with Crippen molar-refractivity contribution in [1.82, 2.24) is 0 Å². The molecule has 3 aromatic carbocycles. The van der Waals surface area contributed by atoms with Crippen molar-refractivity contribution in [3.63, 3.8) is 0 Å². The van der Waals surface area contributed by atoms with Crippen molar-refractivity contribution in [3.8, 4) is 5.75 Å². The van der Waals surface area contributed by atoms with Crippen LogP contribution < -0.4 is 15.4 Å². The standard InChI is InChI=1S/C21H17BrN2O3/c22-17-11-5-6-12-18(17)24-20(25)14-27-19-13-7-4-10-16(19)21(26)23-15-8-2-1-3-9-15/h1-13H,14H2,(H,23,26)(H,24,25). The van der Waals surface area contributed by atoms with Crippen LogP contribution in [-0.4, -0.2) is 18.4 Å². The highest BCUT2D eigenvalue weighted by Crippen LogP contribution is 2.22. The second-order valence-electron chi connectivity index (χ2n) is 5.63. The molecular formula is C21H17BrN2O3. The summed E-state index contributed by atoms with van der Waals surface area (Å²) in [5.74, 6) is -0.281. The van der Waals surface area contributed by atoms with Gasteiger partial charge < -0.3 is 15.4 Å². The summed E-state index contributed by atoms with van der Waals surface area (Å²) in [5.41, 5.74) is 1.69. The molecule has 2 N–H and O–H groups in total. The fourth-order valence-corrected chi connectivity index (χ4v) is 2.78. The highest BCUT2D eigenvalue weighted by molar-refractivity contribution is 9.10. The molecule has 0 saturated heterocycles. The number of carbonyl (C=O) groups excluding carboxylic acids is 2. The number of ether oxygens (including phenoxy) is 1. The van der Waals surface area contributed by atoms with Crippen molar-refractivity contribution in [2.45, 2.75) is 0 Å². The van der Waals surface area contributed by atoms with Crippen LogP contribution in [0.5, 0.6) is 5.75 Å². The molecule has 0 unspecified atom stereocenters. The number of halogens is 1. The Labute approximate surface area is 165 Å². The number of para-hydroxylation sites is 3. The van der Waals surface area contributed by atoms with Crippen molar-refractivity contribution in [2.24, 2.45) is 0 Å². The van der Waals surface area contributed by atoms with E-state index in [2.05, 4.69) is 26.6 Å². The molecule has 0 radical (unpaired) electrons. The minimum absolute atomic E-state index is 0.211. The third-order valence-electron chi connectivity index (χ3n) is 3.67. The summed E-state index contributed by atoms with van der Waals surface area (Å²) in [6, 6.07) is 23.2. The number of carbonyl (C=O) groups is 2. The second kappa shape index (κ2) is 9.00. The van der Waals surface area contributed by atoms with Crippen molar-refractivity contribution in [1.29, 1.82) is 0 Å². The lowest BCUT2D eigenvalue weighted by atomic mass is 10.2. The third-order valence-corrected chi connectivity index (χ3v) is 4.36. The van der Waals surface area contributed by atoms with Gasteiger partial charge in [-0.25, -0.2) is 0 Å². The van der Waals surface area contributed by atoms with E-state index in [1.54, 1.807) is 42.5 Å². The average molecular weight is 425 g/mol. The van der Waals surface area contributed by atoms with E-state index in [1.807, 2.05) is 36.4 Å². The number of hydrogen-bond donors (Lipinski definition) is 2. The molecule has 0 spiro atoms. The third kappa shape index (κ3) is 5.18. The zero-order valence-corrected chi connectivity index (χ0v) is 15.9. The first-order chi connectivity index (χ1) is 13.1. The smallest absolute Gasteiger partial charge is 0.262 e. The average Bonchev–Trinajstić information content (AvgIpc) is 2.69. The number of nitrogens with one attached hydrogen (secondary N) is 2. The molecule has 0 aliphatic rings. The van der Waals surface area contributed by atoms with Crippen LogP contribution >= 0.6 is 15.9 Å². The van der Waals surface area contributed by atoms with E-state index in [0.29, 0.717) is 22.7 Å². The Balaban J connectivity index is 1.64. The molecule has 0 fully saturated rings. The van der Waals surface area contributed by atoms with E-state index in [1.165, 1.54) is 0 Å². The molecule has 2 amide bonds. The highest BCUT2D eigenvalue weighted by atomic mass is 79.9. The van der Waals surface area contributed by atoms with Gasteiger partial charge in [0, 0.05) is 10.2 Å². The predicted octanol–water partition coefficient (Wildman–Crippen LogP) is 4.72. The first-order valence-electron chi connectivity index (χ1n) is 8.26. The number of anilines is 2. The number of hydrogen-bond acceptors (Lipinski definition) is 3. The second-order valence-corrected chi connectivity index (χ2v) is 6.49.